The molecule has 5 heteroatoms. The first-order chi connectivity index (χ1) is 8.11. The van der Waals surface area contributed by atoms with Crippen molar-refractivity contribution in [3.63, 3.8) is 0 Å². The number of H-pyrrole nitrogens is 1. The van der Waals surface area contributed by atoms with Crippen LogP contribution in [0.1, 0.15) is 5.56 Å². The number of rotatable bonds is 2. The molecule has 3 N–H and O–H groups in total. The van der Waals surface area contributed by atoms with Crippen LogP contribution in [0.3, 0.4) is 0 Å². The topological polar surface area (TPSA) is 81.0 Å². The first-order valence-corrected chi connectivity index (χ1v) is 5.12. The second kappa shape index (κ2) is 4.29. The van der Waals surface area contributed by atoms with Crippen LogP contribution in [0.4, 0.5) is 5.69 Å². The van der Waals surface area contributed by atoms with Gasteiger partial charge in [0.05, 0.1) is 12.8 Å². The number of nitrogens with one attached hydrogen (secondary N) is 1. The van der Waals surface area contributed by atoms with Crippen LogP contribution >= 0.6 is 0 Å². The Morgan fingerprint density at radius 3 is 2.71 bits per heavy atom. The smallest absolute Gasteiger partial charge is 0.287 e. The number of benzene rings is 1. The van der Waals surface area contributed by atoms with E-state index in [1.54, 1.807) is 13.2 Å². The number of nitrogen functional groups attached to an aromatic ring is 1. The van der Waals surface area contributed by atoms with E-state index >= 15 is 0 Å². The number of aromatic nitrogens is 2. The molecule has 0 saturated heterocycles. The van der Waals surface area contributed by atoms with Crippen molar-refractivity contribution in [2.45, 2.75) is 6.92 Å². The number of hydrogen-bond acceptors (Lipinski definition) is 4. The molecule has 88 valence electrons. The summed E-state index contributed by atoms with van der Waals surface area (Å²) in [4.78, 5) is 11.1. The Morgan fingerprint density at radius 1 is 1.35 bits per heavy atom. The Morgan fingerprint density at radius 2 is 2.12 bits per heavy atom. The van der Waals surface area contributed by atoms with Gasteiger partial charge in [0.25, 0.3) is 5.56 Å². The van der Waals surface area contributed by atoms with Crippen molar-refractivity contribution in [1.82, 2.24) is 10.2 Å². The third-order valence-electron chi connectivity index (χ3n) is 2.52. The Bertz CT molecular complexity index is 605. The Hall–Kier alpha value is -2.30. The van der Waals surface area contributed by atoms with Crippen LogP contribution in [0.2, 0.25) is 0 Å². The predicted molar refractivity (Wildman–Crippen MR) is 66.0 cm³/mol. The lowest BCUT2D eigenvalue weighted by Gasteiger charge is -2.07. The molecule has 0 radical (unpaired) electrons. The SMILES string of the molecule is COc1ccc(-c2cc(N)c(=O)[nH]n2)cc1C. The Balaban J connectivity index is 2.49. The van der Waals surface area contributed by atoms with Crippen LogP contribution in [0.5, 0.6) is 5.75 Å². The molecule has 2 rings (SSSR count). The second-order valence-corrected chi connectivity index (χ2v) is 3.72. The number of hydrogen-bond donors (Lipinski definition) is 2. The van der Waals surface area contributed by atoms with Crippen molar-refractivity contribution in [2.75, 3.05) is 12.8 Å². The molecule has 2 aromatic rings. The molecule has 5 nitrogen and oxygen atoms in total. The minimum atomic E-state index is -0.376. The van der Waals surface area contributed by atoms with Gasteiger partial charge in [0, 0.05) is 5.56 Å². The molecule has 1 aromatic carbocycles. The van der Waals surface area contributed by atoms with E-state index in [1.165, 1.54) is 0 Å². The van der Waals surface area contributed by atoms with Crippen molar-refractivity contribution < 1.29 is 4.74 Å². The van der Waals surface area contributed by atoms with Crippen LogP contribution < -0.4 is 16.0 Å². The maximum absolute atomic E-state index is 11.1. The van der Waals surface area contributed by atoms with E-state index < -0.39 is 0 Å². The van der Waals surface area contributed by atoms with Crippen LogP contribution in [0, 0.1) is 6.92 Å². The summed E-state index contributed by atoms with van der Waals surface area (Å²) < 4.78 is 5.18. The lowest BCUT2D eigenvalue weighted by molar-refractivity contribution is 0.412. The number of nitrogens with zero attached hydrogens (tertiary/aromatic N) is 1. The second-order valence-electron chi connectivity index (χ2n) is 3.72. The van der Waals surface area contributed by atoms with Crippen molar-refractivity contribution in [3.05, 3.63) is 40.2 Å². The van der Waals surface area contributed by atoms with Crippen LogP contribution in [0.15, 0.2) is 29.1 Å². The van der Waals surface area contributed by atoms with Crippen molar-refractivity contribution in [2.24, 2.45) is 0 Å². The maximum Gasteiger partial charge on any atom is 0.287 e. The third kappa shape index (κ3) is 2.13. The summed E-state index contributed by atoms with van der Waals surface area (Å²) in [5, 5.41) is 6.30. The molecule has 1 aromatic heterocycles. The summed E-state index contributed by atoms with van der Waals surface area (Å²) >= 11 is 0. The number of nitrogens with two attached hydrogens (primary N) is 1. The first kappa shape index (κ1) is 11.2. The monoisotopic (exact) mass is 231 g/mol. The van der Waals surface area contributed by atoms with E-state index in [9.17, 15) is 4.79 Å². The Kier molecular flexibility index (Phi) is 2.82. The molecule has 0 atom stereocenters. The number of aromatic amines is 1. The highest BCUT2D eigenvalue weighted by atomic mass is 16.5. The predicted octanol–water partition coefficient (Wildman–Crippen LogP) is 1.34. The summed E-state index contributed by atoms with van der Waals surface area (Å²) in [6.45, 7) is 1.94. The average molecular weight is 231 g/mol. The standard InChI is InChI=1S/C12H13N3O2/c1-7-5-8(3-4-11(7)17-2)10-6-9(13)12(16)15-14-10/h3-6H,1-2H3,(H2,13,14)(H,15,16). The lowest BCUT2D eigenvalue weighted by Crippen LogP contribution is -2.13. The fraction of sp³-hybridized carbons (Fsp3) is 0.167. The van der Waals surface area contributed by atoms with Gasteiger partial charge in [-0.25, -0.2) is 5.10 Å². The van der Waals surface area contributed by atoms with Gasteiger partial charge in [-0.15, -0.1) is 0 Å². The first-order valence-electron chi connectivity index (χ1n) is 5.12. The lowest BCUT2D eigenvalue weighted by atomic mass is 10.1. The molecule has 0 fully saturated rings. The average Bonchev–Trinajstić information content (AvgIpc) is 2.32. The summed E-state index contributed by atoms with van der Waals surface area (Å²) in [7, 11) is 1.62. The minimum Gasteiger partial charge on any atom is -0.496 e. The van der Waals surface area contributed by atoms with Gasteiger partial charge in [-0.3, -0.25) is 4.79 Å². The maximum atomic E-state index is 11.1. The normalized spacial score (nSPS) is 10.2. The largest absolute Gasteiger partial charge is 0.496 e. The van der Waals surface area contributed by atoms with Crippen molar-refractivity contribution in [1.29, 1.82) is 0 Å². The number of methoxy groups -OCH3 is 1. The Labute approximate surface area is 98.2 Å². The van der Waals surface area contributed by atoms with E-state index in [0.717, 1.165) is 16.9 Å². The van der Waals surface area contributed by atoms with E-state index in [1.807, 2.05) is 25.1 Å². The molecule has 0 saturated carbocycles. The molecule has 0 spiro atoms. The fourth-order valence-electron chi connectivity index (χ4n) is 1.61. The molecule has 0 unspecified atom stereocenters. The highest BCUT2D eigenvalue weighted by molar-refractivity contribution is 5.64. The van der Waals surface area contributed by atoms with E-state index in [2.05, 4.69) is 10.2 Å². The quantitative estimate of drug-likeness (QED) is 0.817. The number of anilines is 1. The molecular formula is C12H13N3O2. The molecular weight excluding hydrogens is 218 g/mol. The molecule has 1 heterocycles. The fourth-order valence-corrected chi connectivity index (χ4v) is 1.61. The van der Waals surface area contributed by atoms with Gasteiger partial charge in [-0.05, 0) is 36.8 Å². The van der Waals surface area contributed by atoms with Crippen LogP contribution in [-0.2, 0) is 0 Å². The number of aryl methyl sites for hydroxylation is 1. The molecule has 0 aliphatic rings. The summed E-state index contributed by atoms with van der Waals surface area (Å²) in [6, 6.07) is 7.21. The van der Waals surface area contributed by atoms with Gasteiger partial charge < -0.3 is 10.5 Å². The summed E-state index contributed by atoms with van der Waals surface area (Å²) in [6.07, 6.45) is 0. The third-order valence-corrected chi connectivity index (χ3v) is 2.52. The van der Waals surface area contributed by atoms with Crippen LogP contribution in [0.25, 0.3) is 11.3 Å². The van der Waals surface area contributed by atoms with Gasteiger partial charge in [0.15, 0.2) is 0 Å². The highest BCUT2D eigenvalue weighted by Gasteiger charge is 2.05. The van der Waals surface area contributed by atoms with Gasteiger partial charge in [-0.2, -0.15) is 5.10 Å². The zero-order chi connectivity index (χ0) is 12.4. The molecule has 0 bridgehead atoms. The highest BCUT2D eigenvalue weighted by Crippen LogP contribution is 2.24. The van der Waals surface area contributed by atoms with Crippen LogP contribution in [-0.4, -0.2) is 17.3 Å². The van der Waals surface area contributed by atoms with Gasteiger partial charge in [0.1, 0.15) is 11.4 Å². The van der Waals surface area contributed by atoms with E-state index in [0.29, 0.717) is 5.69 Å². The molecule has 0 amide bonds. The van der Waals surface area contributed by atoms with Crippen molar-refractivity contribution in [3.8, 4) is 17.0 Å². The molecule has 0 aliphatic carbocycles. The van der Waals surface area contributed by atoms with Crippen molar-refractivity contribution >= 4 is 5.69 Å². The van der Waals surface area contributed by atoms with E-state index in [-0.39, 0.29) is 11.2 Å². The zero-order valence-corrected chi connectivity index (χ0v) is 9.65. The number of ether oxygens (including phenoxy) is 1. The minimum absolute atomic E-state index is 0.156. The van der Waals surface area contributed by atoms with Gasteiger partial charge in [0.2, 0.25) is 0 Å². The van der Waals surface area contributed by atoms with E-state index in [4.69, 9.17) is 10.5 Å². The summed E-state index contributed by atoms with van der Waals surface area (Å²) in [5.41, 5.74) is 7.83. The summed E-state index contributed by atoms with van der Waals surface area (Å²) in [5.74, 6) is 0.811. The van der Waals surface area contributed by atoms with Gasteiger partial charge in [-0.1, -0.05) is 0 Å². The molecule has 17 heavy (non-hydrogen) atoms. The van der Waals surface area contributed by atoms with Gasteiger partial charge >= 0.3 is 0 Å². The molecule has 0 aliphatic heterocycles. The zero-order valence-electron chi connectivity index (χ0n) is 9.65.